The van der Waals surface area contributed by atoms with Gasteiger partial charge in [-0.1, -0.05) is 6.07 Å². The summed E-state index contributed by atoms with van der Waals surface area (Å²) in [7, 11) is 0. The summed E-state index contributed by atoms with van der Waals surface area (Å²) in [5.41, 5.74) is 5.90. The van der Waals surface area contributed by atoms with E-state index in [0.29, 0.717) is 26.2 Å². The van der Waals surface area contributed by atoms with E-state index in [9.17, 15) is 4.79 Å². The average molecular weight is 283 g/mol. The number of rotatable bonds is 4. The molecule has 2 N–H and O–H groups in total. The highest BCUT2D eigenvalue weighted by molar-refractivity contribution is 7.10. The summed E-state index contributed by atoms with van der Waals surface area (Å²) < 4.78 is 5.02. The molecule has 0 aromatic carbocycles. The quantitative estimate of drug-likeness (QED) is 0.910. The zero-order valence-electron chi connectivity index (χ0n) is 11.2. The summed E-state index contributed by atoms with van der Waals surface area (Å²) >= 11 is 1.74. The number of hydrogen-bond acceptors (Lipinski definition) is 5. The zero-order valence-corrected chi connectivity index (χ0v) is 12.1. The smallest absolute Gasteiger partial charge is 0.409 e. The van der Waals surface area contributed by atoms with Gasteiger partial charge in [-0.3, -0.25) is 4.90 Å². The van der Waals surface area contributed by atoms with E-state index in [1.54, 1.807) is 16.2 Å². The third-order valence-electron chi connectivity index (χ3n) is 3.38. The van der Waals surface area contributed by atoms with Crippen molar-refractivity contribution >= 4 is 17.4 Å². The highest BCUT2D eigenvalue weighted by Gasteiger charge is 2.27. The minimum absolute atomic E-state index is 0.206. The monoisotopic (exact) mass is 283 g/mol. The van der Waals surface area contributed by atoms with Gasteiger partial charge in [0.25, 0.3) is 0 Å². The number of piperazine rings is 1. The van der Waals surface area contributed by atoms with Crippen molar-refractivity contribution in [1.82, 2.24) is 9.80 Å². The Morgan fingerprint density at radius 3 is 2.74 bits per heavy atom. The molecule has 1 aliphatic rings. The summed E-state index contributed by atoms with van der Waals surface area (Å²) in [5.74, 6) is 0. The highest BCUT2D eigenvalue weighted by atomic mass is 32.1. The van der Waals surface area contributed by atoms with Crippen LogP contribution in [0.15, 0.2) is 17.5 Å². The Balaban J connectivity index is 1.90. The van der Waals surface area contributed by atoms with Crippen molar-refractivity contribution < 1.29 is 9.53 Å². The molecule has 0 radical (unpaired) electrons. The van der Waals surface area contributed by atoms with Crippen molar-refractivity contribution in [1.29, 1.82) is 0 Å². The lowest BCUT2D eigenvalue weighted by molar-refractivity contribution is 0.0676. The van der Waals surface area contributed by atoms with Crippen LogP contribution in [0.25, 0.3) is 0 Å². The molecule has 0 spiro atoms. The number of ether oxygens (including phenoxy) is 1. The standard InChI is InChI=1S/C13H21N3O2S/c1-2-18-13(17)16-7-5-15(6-8-16)11(10-14)12-4-3-9-19-12/h3-4,9,11H,2,5-8,10,14H2,1H3. The first-order valence-electron chi connectivity index (χ1n) is 6.65. The molecule has 1 aromatic heterocycles. The summed E-state index contributed by atoms with van der Waals surface area (Å²) in [4.78, 5) is 17.0. The number of nitrogens with zero attached hydrogens (tertiary/aromatic N) is 2. The highest BCUT2D eigenvalue weighted by Crippen LogP contribution is 2.25. The van der Waals surface area contributed by atoms with Crippen molar-refractivity contribution in [2.45, 2.75) is 13.0 Å². The fourth-order valence-corrected chi connectivity index (χ4v) is 3.23. The molecule has 1 saturated heterocycles. The maximum Gasteiger partial charge on any atom is 0.409 e. The normalized spacial score (nSPS) is 18.3. The Kier molecular flexibility index (Phi) is 5.18. The predicted octanol–water partition coefficient (Wildman–Crippen LogP) is 1.52. The number of thiophene rings is 1. The van der Waals surface area contributed by atoms with E-state index in [0.717, 1.165) is 13.1 Å². The fraction of sp³-hybridized carbons (Fsp3) is 0.615. The van der Waals surface area contributed by atoms with Crippen LogP contribution >= 0.6 is 11.3 Å². The maximum atomic E-state index is 11.6. The lowest BCUT2D eigenvalue weighted by atomic mass is 10.1. The number of carbonyl (C=O) groups excluding carboxylic acids is 1. The average Bonchev–Trinajstić information content (AvgIpc) is 2.95. The van der Waals surface area contributed by atoms with Crippen LogP contribution in [-0.2, 0) is 4.74 Å². The number of hydrogen-bond donors (Lipinski definition) is 1. The molecular weight excluding hydrogens is 262 g/mol. The van der Waals surface area contributed by atoms with E-state index < -0.39 is 0 Å². The SMILES string of the molecule is CCOC(=O)N1CCN(C(CN)c2cccs2)CC1. The molecule has 2 rings (SSSR count). The molecule has 0 saturated carbocycles. The molecule has 2 heterocycles. The van der Waals surface area contributed by atoms with Crippen molar-refractivity contribution in [3.05, 3.63) is 22.4 Å². The van der Waals surface area contributed by atoms with Gasteiger partial charge in [0, 0.05) is 37.6 Å². The van der Waals surface area contributed by atoms with Crippen LogP contribution in [0.5, 0.6) is 0 Å². The van der Waals surface area contributed by atoms with Crippen LogP contribution in [0.3, 0.4) is 0 Å². The Bertz CT molecular complexity index is 389. The molecule has 19 heavy (non-hydrogen) atoms. The molecule has 5 nitrogen and oxygen atoms in total. The van der Waals surface area contributed by atoms with E-state index >= 15 is 0 Å². The topological polar surface area (TPSA) is 58.8 Å². The number of carbonyl (C=O) groups is 1. The molecule has 1 fully saturated rings. The van der Waals surface area contributed by atoms with Crippen molar-refractivity contribution in [3.63, 3.8) is 0 Å². The molecule has 1 aromatic rings. The maximum absolute atomic E-state index is 11.6. The summed E-state index contributed by atoms with van der Waals surface area (Å²) in [6.45, 7) is 5.98. The summed E-state index contributed by atoms with van der Waals surface area (Å²) in [6, 6.07) is 4.45. The Labute approximate surface area is 117 Å². The van der Waals surface area contributed by atoms with Gasteiger partial charge in [-0.15, -0.1) is 11.3 Å². The van der Waals surface area contributed by atoms with Crippen molar-refractivity contribution in [2.24, 2.45) is 5.73 Å². The first-order chi connectivity index (χ1) is 9.26. The van der Waals surface area contributed by atoms with E-state index in [4.69, 9.17) is 10.5 Å². The summed E-state index contributed by atoms with van der Waals surface area (Å²) in [5, 5.41) is 2.08. The van der Waals surface area contributed by atoms with Crippen LogP contribution in [0.1, 0.15) is 17.8 Å². The van der Waals surface area contributed by atoms with E-state index in [1.807, 2.05) is 6.92 Å². The van der Waals surface area contributed by atoms with Gasteiger partial charge in [0.1, 0.15) is 0 Å². The summed E-state index contributed by atoms with van der Waals surface area (Å²) in [6.07, 6.45) is -0.206. The van der Waals surface area contributed by atoms with Crippen LogP contribution in [0, 0.1) is 0 Å². The number of amides is 1. The molecule has 1 unspecified atom stereocenters. The van der Waals surface area contributed by atoms with Crippen molar-refractivity contribution in [2.75, 3.05) is 39.3 Å². The molecular formula is C13H21N3O2S. The second kappa shape index (κ2) is 6.88. The first kappa shape index (κ1) is 14.3. The van der Waals surface area contributed by atoms with E-state index in [-0.39, 0.29) is 12.1 Å². The largest absolute Gasteiger partial charge is 0.450 e. The van der Waals surface area contributed by atoms with E-state index in [1.165, 1.54) is 4.88 Å². The Hall–Kier alpha value is -1.11. The van der Waals surface area contributed by atoms with E-state index in [2.05, 4.69) is 22.4 Å². The fourth-order valence-electron chi connectivity index (χ4n) is 2.36. The predicted molar refractivity (Wildman–Crippen MR) is 76.3 cm³/mol. The molecule has 1 aliphatic heterocycles. The number of nitrogens with two attached hydrogens (primary N) is 1. The van der Waals surface area contributed by atoms with Gasteiger partial charge in [-0.05, 0) is 18.4 Å². The minimum Gasteiger partial charge on any atom is -0.450 e. The van der Waals surface area contributed by atoms with Gasteiger partial charge in [-0.25, -0.2) is 4.79 Å². The minimum atomic E-state index is -0.206. The van der Waals surface area contributed by atoms with Gasteiger partial charge in [0.2, 0.25) is 0 Å². The molecule has 1 amide bonds. The van der Waals surface area contributed by atoms with Gasteiger partial charge >= 0.3 is 6.09 Å². The van der Waals surface area contributed by atoms with Gasteiger partial charge in [0.05, 0.1) is 12.6 Å². The third-order valence-corrected chi connectivity index (χ3v) is 4.35. The van der Waals surface area contributed by atoms with Crippen LogP contribution in [-0.4, -0.2) is 55.2 Å². The molecule has 1 atom stereocenters. The molecule has 0 bridgehead atoms. The van der Waals surface area contributed by atoms with Crippen LogP contribution in [0.4, 0.5) is 4.79 Å². The Morgan fingerprint density at radius 1 is 1.47 bits per heavy atom. The lowest BCUT2D eigenvalue weighted by Gasteiger charge is -2.38. The second-order valence-corrected chi connectivity index (χ2v) is 5.47. The van der Waals surface area contributed by atoms with Crippen molar-refractivity contribution in [3.8, 4) is 0 Å². The molecule has 0 aliphatic carbocycles. The van der Waals surface area contributed by atoms with Crippen LogP contribution < -0.4 is 5.73 Å². The van der Waals surface area contributed by atoms with Gasteiger partial charge < -0.3 is 15.4 Å². The van der Waals surface area contributed by atoms with Crippen LogP contribution in [0.2, 0.25) is 0 Å². The molecule has 6 heteroatoms. The van der Waals surface area contributed by atoms with Gasteiger partial charge in [-0.2, -0.15) is 0 Å². The third kappa shape index (κ3) is 3.46. The second-order valence-electron chi connectivity index (χ2n) is 4.49. The molecule has 106 valence electrons. The first-order valence-corrected chi connectivity index (χ1v) is 7.53. The van der Waals surface area contributed by atoms with Gasteiger partial charge in [0.15, 0.2) is 0 Å². The lowest BCUT2D eigenvalue weighted by Crippen LogP contribution is -2.50. The Morgan fingerprint density at radius 2 is 2.21 bits per heavy atom. The zero-order chi connectivity index (χ0) is 13.7.